The third-order valence-corrected chi connectivity index (χ3v) is 2.99. The first-order valence-electron chi connectivity index (χ1n) is 6.24. The minimum absolute atomic E-state index is 0. The van der Waals surface area contributed by atoms with Crippen LogP contribution in [0.5, 0.6) is 5.75 Å². The molecule has 1 heterocycles. The standard InChI is InChI=1S/C14H20N2O2.ClH/c1-11(2)16-7-8-17-12(9-16)10-18-14-6-4-3-5-13(14)15;/h3-6,10-11H,7-9,15H2,1-2H3;1H. The fraction of sp³-hybridized carbons (Fsp3) is 0.429. The Kier molecular flexibility index (Phi) is 5.99. The molecule has 1 aromatic carbocycles. The van der Waals surface area contributed by atoms with E-state index in [9.17, 15) is 0 Å². The van der Waals surface area contributed by atoms with E-state index in [-0.39, 0.29) is 12.4 Å². The molecule has 1 aromatic rings. The van der Waals surface area contributed by atoms with Gasteiger partial charge in [0.15, 0.2) is 0 Å². The van der Waals surface area contributed by atoms with Crippen LogP contribution in [-0.2, 0) is 4.74 Å². The van der Waals surface area contributed by atoms with Crippen molar-refractivity contribution >= 4 is 18.1 Å². The maximum atomic E-state index is 5.81. The predicted molar refractivity (Wildman–Crippen MR) is 79.5 cm³/mol. The van der Waals surface area contributed by atoms with Crippen molar-refractivity contribution in [1.82, 2.24) is 4.90 Å². The Hall–Kier alpha value is -1.39. The second-order valence-electron chi connectivity index (χ2n) is 4.65. The van der Waals surface area contributed by atoms with Gasteiger partial charge in [-0.05, 0) is 26.0 Å². The largest absolute Gasteiger partial charge is 0.492 e. The molecule has 5 heteroatoms. The third kappa shape index (κ3) is 4.33. The molecule has 19 heavy (non-hydrogen) atoms. The van der Waals surface area contributed by atoms with Gasteiger partial charge in [-0.1, -0.05) is 12.1 Å². The van der Waals surface area contributed by atoms with Crippen LogP contribution in [0.2, 0.25) is 0 Å². The smallest absolute Gasteiger partial charge is 0.149 e. The lowest BCUT2D eigenvalue weighted by molar-refractivity contribution is 0.0710. The Bertz CT molecular complexity index is 435. The lowest BCUT2D eigenvalue weighted by Crippen LogP contribution is -2.39. The zero-order chi connectivity index (χ0) is 13.0. The zero-order valence-electron chi connectivity index (χ0n) is 11.3. The molecule has 4 nitrogen and oxygen atoms in total. The van der Waals surface area contributed by atoms with E-state index in [2.05, 4.69) is 18.7 Å². The van der Waals surface area contributed by atoms with Gasteiger partial charge in [0.2, 0.25) is 0 Å². The number of rotatable bonds is 3. The third-order valence-electron chi connectivity index (χ3n) is 2.99. The summed E-state index contributed by atoms with van der Waals surface area (Å²) in [4.78, 5) is 2.34. The van der Waals surface area contributed by atoms with Gasteiger partial charge >= 0.3 is 0 Å². The molecule has 0 amide bonds. The van der Waals surface area contributed by atoms with Gasteiger partial charge in [0.05, 0.1) is 12.2 Å². The Morgan fingerprint density at radius 3 is 2.79 bits per heavy atom. The number of para-hydroxylation sites is 2. The molecule has 106 valence electrons. The van der Waals surface area contributed by atoms with Crippen molar-refractivity contribution in [2.75, 3.05) is 25.4 Å². The summed E-state index contributed by atoms with van der Waals surface area (Å²) in [6.45, 7) is 6.81. The molecule has 2 N–H and O–H groups in total. The van der Waals surface area contributed by atoms with Gasteiger partial charge in [0.25, 0.3) is 0 Å². The molecule has 0 aromatic heterocycles. The van der Waals surface area contributed by atoms with E-state index < -0.39 is 0 Å². The molecule has 0 radical (unpaired) electrons. The topological polar surface area (TPSA) is 47.7 Å². The fourth-order valence-corrected chi connectivity index (χ4v) is 1.85. The Balaban J connectivity index is 0.00000180. The summed E-state index contributed by atoms with van der Waals surface area (Å²) in [7, 11) is 0. The van der Waals surface area contributed by atoms with E-state index in [4.69, 9.17) is 15.2 Å². The van der Waals surface area contributed by atoms with Gasteiger partial charge in [-0.2, -0.15) is 0 Å². The molecule has 0 unspecified atom stereocenters. The van der Waals surface area contributed by atoms with Crippen LogP contribution in [0, 0.1) is 0 Å². The van der Waals surface area contributed by atoms with E-state index in [0.717, 1.165) is 18.8 Å². The highest BCUT2D eigenvalue weighted by Gasteiger charge is 2.17. The van der Waals surface area contributed by atoms with Gasteiger partial charge in [0, 0.05) is 12.6 Å². The molecule has 0 saturated carbocycles. The first kappa shape index (κ1) is 15.7. The number of morpholine rings is 1. The molecule has 1 fully saturated rings. The Labute approximate surface area is 120 Å². The number of halogens is 1. The van der Waals surface area contributed by atoms with E-state index in [1.54, 1.807) is 6.26 Å². The van der Waals surface area contributed by atoms with Crippen molar-refractivity contribution in [3.63, 3.8) is 0 Å². The van der Waals surface area contributed by atoms with Gasteiger partial charge in [0.1, 0.15) is 24.4 Å². The Morgan fingerprint density at radius 1 is 1.37 bits per heavy atom. The summed E-state index contributed by atoms with van der Waals surface area (Å²) in [6.07, 6.45) is 1.65. The molecule has 1 aliphatic heterocycles. The van der Waals surface area contributed by atoms with Crippen LogP contribution < -0.4 is 10.5 Å². The number of nitrogens with zero attached hydrogens (tertiary/aromatic N) is 1. The van der Waals surface area contributed by atoms with E-state index >= 15 is 0 Å². The summed E-state index contributed by atoms with van der Waals surface area (Å²) in [5.74, 6) is 1.51. The van der Waals surface area contributed by atoms with Gasteiger partial charge in [-0.3, -0.25) is 4.90 Å². The van der Waals surface area contributed by atoms with Crippen LogP contribution >= 0.6 is 12.4 Å². The van der Waals surface area contributed by atoms with Crippen LogP contribution in [0.15, 0.2) is 36.3 Å². The first-order valence-corrected chi connectivity index (χ1v) is 6.24. The van der Waals surface area contributed by atoms with Crippen LogP contribution in [0.4, 0.5) is 5.69 Å². The molecule has 0 spiro atoms. The van der Waals surface area contributed by atoms with Crippen molar-refractivity contribution in [2.45, 2.75) is 19.9 Å². The number of hydrogen-bond donors (Lipinski definition) is 1. The average Bonchev–Trinajstić information content (AvgIpc) is 2.38. The van der Waals surface area contributed by atoms with E-state index in [1.165, 1.54) is 0 Å². The number of anilines is 1. The number of nitrogen functional groups attached to an aromatic ring is 1. The van der Waals surface area contributed by atoms with Crippen LogP contribution in [0.25, 0.3) is 0 Å². The molecule has 1 aliphatic rings. The van der Waals surface area contributed by atoms with Crippen molar-refractivity contribution < 1.29 is 9.47 Å². The molecule has 0 aliphatic carbocycles. The highest BCUT2D eigenvalue weighted by atomic mass is 35.5. The maximum Gasteiger partial charge on any atom is 0.149 e. The lowest BCUT2D eigenvalue weighted by Gasteiger charge is -2.31. The average molecular weight is 285 g/mol. The molecule has 0 bridgehead atoms. The van der Waals surface area contributed by atoms with Crippen molar-refractivity contribution in [1.29, 1.82) is 0 Å². The second-order valence-corrected chi connectivity index (χ2v) is 4.65. The molecular weight excluding hydrogens is 264 g/mol. The second kappa shape index (κ2) is 7.26. The van der Waals surface area contributed by atoms with Gasteiger partial charge in [-0.15, -0.1) is 12.4 Å². The number of benzene rings is 1. The zero-order valence-corrected chi connectivity index (χ0v) is 12.2. The lowest BCUT2D eigenvalue weighted by atomic mass is 10.3. The highest BCUT2D eigenvalue weighted by Crippen LogP contribution is 2.21. The van der Waals surface area contributed by atoms with Crippen LogP contribution in [-0.4, -0.2) is 30.6 Å². The summed E-state index contributed by atoms with van der Waals surface area (Å²) in [5.41, 5.74) is 6.44. The normalized spacial score (nSPS) is 17.9. The Morgan fingerprint density at radius 2 is 2.11 bits per heavy atom. The van der Waals surface area contributed by atoms with Crippen molar-refractivity contribution in [2.24, 2.45) is 0 Å². The fourth-order valence-electron chi connectivity index (χ4n) is 1.85. The first-order chi connectivity index (χ1) is 8.66. The van der Waals surface area contributed by atoms with Crippen LogP contribution in [0.3, 0.4) is 0 Å². The quantitative estimate of drug-likeness (QED) is 0.685. The molecule has 0 atom stereocenters. The monoisotopic (exact) mass is 284 g/mol. The number of nitrogens with two attached hydrogens (primary N) is 1. The number of ether oxygens (including phenoxy) is 2. The van der Waals surface area contributed by atoms with Gasteiger partial charge in [-0.25, -0.2) is 0 Å². The van der Waals surface area contributed by atoms with Crippen molar-refractivity contribution in [3.8, 4) is 5.75 Å². The highest BCUT2D eigenvalue weighted by molar-refractivity contribution is 5.85. The van der Waals surface area contributed by atoms with E-state index in [1.807, 2.05) is 24.3 Å². The van der Waals surface area contributed by atoms with Crippen molar-refractivity contribution in [3.05, 3.63) is 36.3 Å². The molecule has 1 saturated heterocycles. The molecular formula is C14H21ClN2O2. The maximum absolute atomic E-state index is 5.81. The summed E-state index contributed by atoms with van der Waals surface area (Å²) in [6, 6.07) is 7.95. The SMILES string of the molecule is CC(C)N1CCOC(=COc2ccccc2N)C1.Cl. The van der Waals surface area contributed by atoms with Gasteiger partial charge < -0.3 is 15.2 Å². The minimum atomic E-state index is 0. The number of hydrogen-bond acceptors (Lipinski definition) is 4. The minimum Gasteiger partial charge on any atom is -0.492 e. The molecule has 2 rings (SSSR count). The summed E-state index contributed by atoms with van der Waals surface area (Å²) < 4.78 is 11.1. The van der Waals surface area contributed by atoms with Crippen LogP contribution in [0.1, 0.15) is 13.8 Å². The predicted octanol–water partition coefficient (Wildman–Crippen LogP) is 2.65. The van der Waals surface area contributed by atoms with E-state index in [0.29, 0.717) is 24.1 Å². The summed E-state index contributed by atoms with van der Waals surface area (Å²) in [5, 5.41) is 0. The summed E-state index contributed by atoms with van der Waals surface area (Å²) >= 11 is 0.